The average Bonchev–Trinajstić information content (AvgIpc) is 3.80. The largest absolute Gasteiger partial charge is 0.309 e. The third-order valence-electron chi connectivity index (χ3n) is 8.95. The van der Waals surface area contributed by atoms with Crippen LogP contribution in [0.2, 0.25) is 0 Å². The van der Waals surface area contributed by atoms with Crippen LogP contribution in [0.15, 0.2) is 152 Å². The molecule has 0 saturated carbocycles. The Morgan fingerprint density at radius 3 is 1.64 bits per heavy atom. The molecule has 44 heavy (non-hydrogen) atoms. The van der Waals surface area contributed by atoms with Crippen molar-refractivity contribution in [2.45, 2.75) is 0 Å². The monoisotopic (exact) mass is 563 g/mol. The van der Waals surface area contributed by atoms with Gasteiger partial charge in [0.25, 0.3) is 0 Å². The van der Waals surface area contributed by atoms with E-state index in [1.807, 2.05) is 0 Å². The molecule has 4 aromatic heterocycles. The molecule has 0 amide bonds. The second-order valence-electron chi connectivity index (χ2n) is 11.3. The van der Waals surface area contributed by atoms with Crippen LogP contribution in [0.5, 0.6) is 0 Å². The molecule has 0 saturated heterocycles. The first-order valence-corrected chi connectivity index (χ1v) is 14.9. The van der Waals surface area contributed by atoms with Gasteiger partial charge in [-0.2, -0.15) is 0 Å². The number of rotatable bonds is 3. The molecule has 206 valence electrons. The van der Waals surface area contributed by atoms with Gasteiger partial charge < -0.3 is 4.57 Å². The van der Waals surface area contributed by atoms with Crippen molar-refractivity contribution in [2.75, 3.05) is 0 Å². The van der Waals surface area contributed by atoms with Crippen LogP contribution in [-0.4, -0.2) is 23.1 Å². The number of hydrogen-bond donors (Lipinski definition) is 0. The third-order valence-corrected chi connectivity index (χ3v) is 8.95. The van der Waals surface area contributed by atoms with Gasteiger partial charge in [0.15, 0.2) is 5.65 Å². The van der Waals surface area contributed by atoms with Gasteiger partial charge in [0, 0.05) is 33.2 Å². The van der Waals surface area contributed by atoms with Crippen LogP contribution in [-0.2, 0) is 0 Å². The molecule has 10 aromatic rings. The molecule has 5 nitrogen and oxygen atoms in total. The minimum Gasteiger partial charge on any atom is -0.309 e. The van der Waals surface area contributed by atoms with Crippen LogP contribution in [0.4, 0.5) is 0 Å². The summed E-state index contributed by atoms with van der Waals surface area (Å²) >= 11 is 0. The van der Waals surface area contributed by atoms with Crippen molar-refractivity contribution in [2.24, 2.45) is 0 Å². The smallest absolute Gasteiger partial charge is 0.221 e. The molecule has 0 aliphatic carbocycles. The summed E-state index contributed by atoms with van der Waals surface area (Å²) in [4.78, 5) is 5.36. The summed E-state index contributed by atoms with van der Waals surface area (Å²) in [5.41, 5.74) is 11.2. The lowest BCUT2D eigenvalue weighted by atomic mass is 10.1. The Bertz CT molecular complexity index is 2700. The SMILES string of the molecule is c1ccc(-n2c3ccccc3c3cc(-n4c5ccccc5c5nc6n(-c7ccccc7)c7ccccc7n6c54)ccc32)cc1. The van der Waals surface area contributed by atoms with Gasteiger partial charge in [-0.3, -0.25) is 13.5 Å². The van der Waals surface area contributed by atoms with Gasteiger partial charge in [0.1, 0.15) is 5.52 Å². The fourth-order valence-electron chi connectivity index (χ4n) is 7.14. The molecule has 0 spiro atoms. The minimum absolute atomic E-state index is 0.906. The number of benzene rings is 6. The standard InChI is InChI=1S/C39H25N5/c1-3-13-26(14-4-1)41-32-19-9-7-17-29(32)31-25-28(23-24-34(31)41)42-33-20-10-8-18-30(33)37-38(42)44-36-22-12-11-21-35(36)43(39(44)40-37)27-15-5-2-6-16-27/h1-25H. The van der Waals surface area contributed by atoms with Gasteiger partial charge in [0.05, 0.1) is 27.6 Å². The first-order valence-electron chi connectivity index (χ1n) is 14.9. The highest BCUT2D eigenvalue weighted by atomic mass is 15.3. The highest BCUT2D eigenvalue weighted by Gasteiger charge is 2.24. The zero-order chi connectivity index (χ0) is 28.8. The number of fused-ring (bicyclic) bond motifs is 10. The zero-order valence-corrected chi connectivity index (χ0v) is 23.7. The Morgan fingerprint density at radius 1 is 0.364 bits per heavy atom. The van der Waals surface area contributed by atoms with Crippen molar-refractivity contribution < 1.29 is 0 Å². The van der Waals surface area contributed by atoms with E-state index in [-0.39, 0.29) is 0 Å². The van der Waals surface area contributed by atoms with E-state index in [1.165, 1.54) is 21.8 Å². The third kappa shape index (κ3) is 3.05. The summed E-state index contributed by atoms with van der Waals surface area (Å²) in [5, 5.41) is 3.60. The maximum Gasteiger partial charge on any atom is 0.221 e. The lowest BCUT2D eigenvalue weighted by Gasteiger charge is -2.10. The van der Waals surface area contributed by atoms with E-state index in [0.29, 0.717) is 0 Å². The van der Waals surface area contributed by atoms with Gasteiger partial charge >= 0.3 is 0 Å². The Hall–Kier alpha value is -6.07. The van der Waals surface area contributed by atoms with Crippen molar-refractivity contribution >= 4 is 60.7 Å². The van der Waals surface area contributed by atoms with E-state index in [1.54, 1.807) is 0 Å². The first-order chi connectivity index (χ1) is 21.9. The molecule has 0 N–H and O–H groups in total. The van der Waals surface area contributed by atoms with Gasteiger partial charge in [-0.05, 0) is 66.7 Å². The van der Waals surface area contributed by atoms with Gasteiger partial charge in [-0.1, -0.05) is 84.9 Å². The van der Waals surface area contributed by atoms with Crippen molar-refractivity contribution in [3.05, 3.63) is 152 Å². The summed E-state index contributed by atoms with van der Waals surface area (Å²) < 4.78 is 9.35. The maximum atomic E-state index is 5.36. The molecule has 0 aliphatic heterocycles. The second-order valence-corrected chi connectivity index (χ2v) is 11.3. The van der Waals surface area contributed by atoms with Crippen molar-refractivity contribution in [1.29, 1.82) is 0 Å². The molecule has 0 bridgehead atoms. The van der Waals surface area contributed by atoms with E-state index in [0.717, 1.165) is 55.9 Å². The van der Waals surface area contributed by atoms with E-state index in [2.05, 4.69) is 170 Å². The average molecular weight is 564 g/mol. The number of hydrogen-bond acceptors (Lipinski definition) is 1. The quantitative estimate of drug-likeness (QED) is 0.211. The van der Waals surface area contributed by atoms with Crippen molar-refractivity contribution in [3.8, 4) is 17.1 Å². The molecule has 0 radical (unpaired) electrons. The molecular weight excluding hydrogens is 538 g/mol. The van der Waals surface area contributed by atoms with Crippen LogP contribution in [0.25, 0.3) is 77.7 Å². The molecule has 4 heterocycles. The van der Waals surface area contributed by atoms with E-state index >= 15 is 0 Å². The predicted molar refractivity (Wildman–Crippen MR) is 181 cm³/mol. The van der Waals surface area contributed by atoms with Crippen LogP contribution in [0.1, 0.15) is 0 Å². The van der Waals surface area contributed by atoms with Crippen LogP contribution in [0.3, 0.4) is 0 Å². The van der Waals surface area contributed by atoms with Crippen LogP contribution >= 0.6 is 0 Å². The summed E-state index contributed by atoms with van der Waals surface area (Å²) in [6.45, 7) is 0. The Kier molecular flexibility index (Phi) is 4.66. The summed E-state index contributed by atoms with van der Waals surface area (Å²) in [7, 11) is 0. The molecule has 5 heteroatoms. The lowest BCUT2D eigenvalue weighted by Crippen LogP contribution is -1.98. The van der Waals surface area contributed by atoms with Crippen molar-refractivity contribution in [1.82, 2.24) is 23.1 Å². The normalized spacial score (nSPS) is 12.1. The molecule has 0 aliphatic rings. The molecule has 0 unspecified atom stereocenters. The minimum atomic E-state index is 0.906. The van der Waals surface area contributed by atoms with Crippen LogP contribution < -0.4 is 0 Å². The Morgan fingerprint density at radius 2 is 0.909 bits per heavy atom. The molecular formula is C39H25N5. The predicted octanol–water partition coefficient (Wildman–Crippen LogP) is 9.47. The second kappa shape index (κ2) is 8.72. The van der Waals surface area contributed by atoms with Gasteiger partial charge in [-0.25, -0.2) is 4.98 Å². The summed E-state index contributed by atoms with van der Waals surface area (Å²) in [5.74, 6) is 0.906. The molecule has 0 atom stereocenters. The van der Waals surface area contributed by atoms with Gasteiger partial charge in [-0.15, -0.1) is 0 Å². The Balaban J connectivity index is 1.35. The molecule has 0 fully saturated rings. The number of para-hydroxylation sites is 6. The van der Waals surface area contributed by atoms with E-state index < -0.39 is 0 Å². The highest BCUT2D eigenvalue weighted by Crippen LogP contribution is 2.38. The molecule has 10 rings (SSSR count). The number of nitrogens with zero attached hydrogens (tertiary/aromatic N) is 5. The summed E-state index contributed by atoms with van der Waals surface area (Å²) in [6.07, 6.45) is 0. The Labute approximate surface area is 252 Å². The maximum absolute atomic E-state index is 5.36. The first kappa shape index (κ1) is 23.5. The highest BCUT2D eigenvalue weighted by molar-refractivity contribution is 6.12. The van der Waals surface area contributed by atoms with Gasteiger partial charge in [0.2, 0.25) is 5.78 Å². The van der Waals surface area contributed by atoms with Crippen LogP contribution in [0, 0.1) is 0 Å². The van der Waals surface area contributed by atoms with E-state index in [4.69, 9.17) is 4.98 Å². The lowest BCUT2D eigenvalue weighted by molar-refractivity contribution is 1.08. The summed E-state index contributed by atoms with van der Waals surface area (Å²) in [6, 6.07) is 53.9. The number of imidazole rings is 2. The fourth-order valence-corrected chi connectivity index (χ4v) is 7.14. The fraction of sp³-hybridized carbons (Fsp3) is 0. The zero-order valence-electron chi connectivity index (χ0n) is 23.7. The van der Waals surface area contributed by atoms with E-state index in [9.17, 15) is 0 Å². The topological polar surface area (TPSA) is 32.1 Å². The molecule has 6 aromatic carbocycles. The number of aromatic nitrogens is 5. The van der Waals surface area contributed by atoms with Crippen molar-refractivity contribution in [3.63, 3.8) is 0 Å².